The Balaban J connectivity index is 1.96. The Morgan fingerprint density at radius 2 is 1.70 bits per heavy atom. The van der Waals surface area contributed by atoms with E-state index in [-0.39, 0.29) is 5.90 Å². The van der Waals surface area contributed by atoms with E-state index in [2.05, 4.69) is 15.9 Å². The summed E-state index contributed by atoms with van der Waals surface area (Å²) in [6.45, 7) is 0. The van der Waals surface area contributed by atoms with Gasteiger partial charge in [0.2, 0.25) is 5.90 Å². The smallest absolute Gasteiger partial charge is 0.337 e. The van der Waals surface area contributed by atoms with Crippen molar-refractivity contribution in [2.75, 3.05) is 0 Å². The van der Waals surface area contributed by atoms with E-state index in [1.807, 2.05) is 30.3 Å². The average molecular weight is 330 g/mol. The van der Waals surface area contributed by atoms with Crippen molar-refractivity contribution in [2.45, 2.75) is 0 Å². The molecule has 0 amide bonds. The van der Waals surface area contributed by atoms with Gasteiger partial charge in [-0.05, 0) is 35.9 Å². The molecule has 20 heavy (non-hydrogen) atoms. The lowest BCUT2D eigenvalue weighted by Crippen LogP contribution is -2.10. The van der Waals surface area contributed by atoms with Gasteiger partial charge in [-0.3, -0.25) is 5.41 Å². The monoisotopic (exact) mass is 329 g/mol. The molecule has 4 heteroatoms. The number of ether oxygens (including phenoxy) is 1. The number of carbonyl (C=O) groups is 1. The Bertz CT molecular complexity index is 633. The van der Waals surface area contributed by atoms with Gasteiger partial charge in [-0.25, -0.2) is 4.79 Å². The number of halogens is 1. The molecule has 0 spiro atoms. The van der Waals surface area contributed by atoms with E-state index in [9.17, 15) is 4.79 Å². The van der Waals surface area contributed by atoms with Crippen LogP contribution in [0.4, 0.5) is 0 Å². The fourth-order valence-electron chi connectivity index (χ4n) is 1.52. The summed E-state index contributed by atoms with van der Waals surface area (Å²) >= 11 is 3.34. The fourth-order valence-corrected chi connectivity index (χ4v) is 1.79. The highest BCUT2D eigenvalue weighted by molar-refractivity contribution is 9.10. The Morgan fingerprint density at radius 1 is 1.05 bits per heavy atom. The van der Waals surface area contributed by atoms with Gasteiger partial charge in [-0.2, -0.15) is 0 Å². The van der Waals surface area contributed by atoms with Crippen LogP contribution in [0.2, 0.25) is 0 Å². The lowest BCUT2D eigenvalue weighted by atomic mass is 10.2. The Hall–Kier alpha value is -2.20. The second-order valence-electron chi connectivity index (χ2n) is 4.00. The van der Waals surface area contributed by atoms with Crippen LogP contribution in [-0.4, -0.2) is 11.9 Å². The first-order chi connectivity index (χ1) is 9.65. The Kier molecular flexibility index (Phi) is 4.85. The normalized spacial score (nSPS) is 10.4. The largest absolute Gasteiger partial charge is 0.404 e. The molecule has 2 aromatic rings. The van der Waals surface area contributed by atoms with Crippen LogP contribution in [0.3, 0.4) is 0 Å². The Morgan fingerprint density at radius 3 is 2.35 bits per heavy atom. The third-order valence-corrected chi connectivity index (χ3v) is 3.05. The van der Waals surface area contributed by atoms with Crippen molar-refractivity contribution in [1.29, 1.82) is 5.41 Å². The summed E-state index contributed by atoms with van der Waals surface area (Å²) in [4.78, 5) is 11.6. The van der Waals surface area contributed by atoms with Crippen molar-refractivity contribution >= 4 is 33.9 Å². The molecule has 0 aliphatic rings. The summed E-state index contributed by atoms with van der Waals surface area (Å²) in [7, 11) is 0. The zero-order valence-electron chi connectivity index (χ0n) is 10.5. The number of nitrogens with one attached hydrogen (secondary N) is 1. The van der Waals surface area contributed by atoms with E-state index in [1.165, 1.54) is 6.08 Å². The Labute approximate surface area is 125 Å². The lowest BCUT2D eigenvalue weighted by Gasteiger charge is -2.02. The van der Waals surface area contributed by atoms with Gasteiger partial charge in [-0.1, -0.05) is 46.3 Å². The van der Waals surface area contributed by atoms with Gasteiger partial charge in [0, 0.05) is 16.1 Å². The summed E-state index contributed by atoms with van der Waals surface area (Å²) in [5.74, 6) is -0.724. The number of carbonyl (C=O) groups excluding carboxylic acids is 1. The van der Waals surface area contributed by atoms with Crippen LogP contribution < -0.4 is 0 Å². The van der Waals surface area contributed by atoms with Gasteiger partial charge in [0.1, 0.15) is 0 Å². The molecule has 0 heterocycles. The van der Waals surface area contributed by atoms with Crippen LogP contribution in [0.1, 0.15) is 11.1 Å². The van der Waals surface area contributed by atoms with E-state index >= 15 is 0 Å². The third kappa shape index (κ3) is 4.17. The topological polar surface area (TPSA) is 50.1 Å². The van der Waals surface area contributed by atoms with Crippen LogP contribution in [0.25, 0.3) is 6.08 Å². The molecular formula is C16H12BrNO2. The molecule has 3 nitrogen and oxygen atoms in total. The van der Waals surface area contributed by atoms with Crippen molar-refractivity contribution in [2.24, 2.45) is 0 Å². The zero-order valence-corrected chi connectivity index (χ0v) is 12.1. The summed E-state index contributed by atoms with van der Waals surface area (Å²) in [5.41, 5.74) is 1.45. The molecule has 0 saturated heterocycles. The average Bonchev–Trinajstić information content (AvgIpc) is 2.47. The van der Waals surface area contributed by atoms with E-state index in [1.54, 1.807) is 30.3 Å². The van der Waals surface area contributed by atoms with Crippen molar-refractivity contribution in [3.05, 3.63) is 76.3 Å². The number of rotatable bonds is 3. The molecule has 0 aliphatic carbocycles. The molecule has 0 radical (unpaired) electrons. The van der Waals surface area contributed by atoms with Gasteiger partial charge in [0.05, 0.1) is 0 Å². The van der Waals surface area contributed by atoms with Gasteiger partial charge in [0.15, 0.2) is 0 Å². The lowest BCUT2D eigenvalue weighted by molar-refractivity contribution is -0.129. The summed E-state index contributed by atoms with van der Waals surface area (Å²) in [6, 6.07) is 16.4. The summed E-state index contributed by atoms with van der Waals surface area (Å²) in [6.07, 6.45) is 2.95. The molecule has 0 atom stereocenters. The van der Waals surface area contributed by atoms with Gasteiger partial charge in [-0.15, -0.1) is 0 Å². The van der Waals surface area contributed by atoms with Gasteiger partial charge >= 0.3 is 5.97 Å². The highest BCUT2D eigenvalue weighted by Gasteiger charge is 2.05. The SMILES string of the molecule is N=C(OC(=O)/C=C/c1ccc(Br)cc1)c1ccccc1. The number of hydrogen-bond donors (Lipinski definition) is 1. The quantitative estimate of drug-likeness (QED) is 0.400. The number of benzene rings is 2. The molecule has 1 N–H and O–H groups in total. The molecule has 2 aromatic carbocycles. The molecule has 2 rings (SSSR count). The summed E-state index contributed by atoms with van der Waals surface area (Å²) in [5, 5.41) is 7.69. The highest BCUT2D eigenvalue weighted by Crippen LogP contribution is 2.11. The molecule has 0 aliphatic heterocycles. The van der Waals surface area contributed by atoms with Crippen LogP contribution in [0, 0.1) is 5.41 Å². The molecule has 0 saturated carbocycles. The highest BCUT2D eigenvalue weighted by atomic mass is 79.9. The van der Waals surface area contributed by atoms with Gasteiger partial charge in [0.25, 0.3) is 0 Å². The minimum absolute atomic E-state index is 0.156. The maximum absolute atomic E-state index is 11.6. The van der Waals surface area contributed by atoms with Crippen molar-refractivity contribution in [3.8, 4) is 0 Å². The van der Waals surface area contributed by atoms with Crippen molar-refractivity contribution in [1.82, 2.24) is 0 Å². The maximum Gasteiger partial charge on any atom is 0.337 e. The fraction of sp³-hybridized carbons (Fsp3) is 0. The molecule has 100 valence electrons. The second kappa shape index (κ2) is 6.82. The van der Waals surface area contributed by atoms with Crippen LogP contribution >= 0.6 is 15.9 Å². The minimum atomic E-state index is -0.568. The van der Waals surface area contributed by atoms with E-state index in [4.69, 9.17) is 10.1 Å². The minimum Gasteiger partial charge on any atom is -0.404 e. The van der Waals surface area contributed by atoms with Crippen molar-refractivity contribution < 1.29 is 9.53 Å². The van der Waals surface area contributed by atoms with E-state index in [0.717, 1.165) is 10.0 Å². The standard InChI is InChI=1S/C16H12BrNO2/c17-14-9-6-12(7-10-14)8-11-15(19)20-16(18)13-4-2-1-3-5-13/h1-11,18H/b11-8+,18-16?. The predicted molar refractivity (Wildman–Crippen MR) is 82.5 cm³/mol. The molecule has 0 aromatic heterocycles. The van der Waals surface area contributed by atoms with Crippen molar-refractivity contribution in [3.63, 3.8) is 0 Å². The maximum atomic E-state index is 11.6. The third-order valence-electron chi connectivity index (χ3n) is 2.52. The van der Waals surface area contributed by atoms with Crippen LogP contribution in [0.5, 0.6) is 0 Å². The molecule has 0 fully saturated rings. The first-order valence-electron chi connectivity index (χ1n) is 5.94. The summed E-state index contributed by atoms with van der Waals surface area (Å²) < 4.78 is 5.91. The van der Waals surface area contributed by atoms with Gasteiger partial charge < -0.3 is 4.74 Å². The molecular weight excluding hydrogens is 318 g/mol. The first-order valence-corrected chi connectivity index (χ1v) is 6.74. The molecule has 0 bridgehead atoms. The van der Waals surface area contributed by atoms with Crippen LogP contribution in [0.15, 0.2) is 65.1 Å². The predicted octanol–water partition coefficient (Wildman–Crippen LogP) is 4.03. The number of esters is 1. The molecule has 0 unspecified atom stereocenters. The van der Waals surface area contributed by atoms with E-state index in [0.29, 0.717) is 5.56 Å². The van der Waals surface area contributed by atoms with Crippen LogP contribution in [-0.2, 0) is 9.53 Å². The van der Waals surface area contributed by atoms with E-state index < -0.39 is 5.97 Å². The number of hydrogen-bond acceptors (Lipinski definition) is 3. The first kappa shape index (κ1) is 14.2. The second-order valence-corrected chi connectivity index (χ2v) is 4.92. The zero-order chi connectivity index (χ0) is 14.4.